The molecule has 1 heterocycles. The van der Waals surface area contributed by atoms with E-state index in [1.54, 1.807) is 31.2 Å². The molecule has 2 aromatic rings. The number of hydrogen-bond acceptors (Lipinski definition) is 4. The van der Waals surface area contributed by atoms with Crippen LogP contribution < -0.4 is 0 Å². The lowest BCUT2D eigenvalue weighted by Crippen LogP contribution is -2.44. The molecule has 0 spiro atoms. The van der Waals surface area contributed by atoms with E-state index < -0.39 is 11.5 Å². The van der Waals surface area contributed by atoms with Gasteiger partial charge in [0.25, 0.3) is 0 Å². The maximum absolute atomic E-state index is 11.6. The summed E-state index contributed by atoms with van der Waals surface area (Å²) in [6.07, 6.45) is 1.57. The largest absolute Gasteiger partial charge is 0.479 e. The van der Waals surface area contributed by atoms with Gasteiger partial charge in [0.2, 0.25) is 5.54 Å². The van der Waals surface area contributed by atoms with Crippen LogP contribution in [0.1, 0.15) is 18.9 Å². The van der Waals surface area contributed by atoms with Crippen molar-refractivity contribution in [2.75, 3.05) is 0 Å². The Hall–Kier alpha value is -2.24. The van der Waals surface area contributed by atoms with Crippen LogP contribution in [0.15, 0.2) is 36.7 Å². The maximum atomic E-state index is 11.6. The van der Waals surface area contributed by atoms with Gasteiger partial charge >= 0.3 is 5.97 Å². The van der Waals surface area contributed by atoms with Gasteiger partial charge in [-0.1, -0.05) is 37.3 Å². The summed E-state index contributed by atoms with van der Waals surface area (Å²) in [5.74, 6) is -0.996. The molecular weight excluding hydrogens is 220 g/mol. The lowest BCUT2D eigenvalue weighted by atomic mass is 9.88. The minimum Gasteiger partial charge on any atom is -0.479 e. The third-order valence-corrected chi connectivity index (χ3v) is 2.81. The zero-order valence-electron chi connectivity index (χ0n) is 9.32. The zero-order valence-corrected chi connectivity index (χ0v) is 9.32. The van der Waals surface area contributed by atoms with Gasteiger partial charge in [-0.3, -0.25) is 0 Å². The Morgan fingerprint density at radius 3 is 2.59 bits per heavy atom. The fourth-order valence-corrected chi connectivity index (χ4v) is 1.88. The predicted octanol–water partition coefficient (Wildman–Crippen LogP) is 0.911. The first-order chi connectivity index (χ1) is 8.21. The molecule has 0 aliphatic heterocycles. The van der Waals surface area contributed by atoms with E-state index in [-0.39, 0.29) is 0 Å². The van der Waals surface area contributed by atoms with E-state index in [9.17, 15) is 9.90 Å². The molecule has 0 saturated heterocycles. The van der Waals surface area contributed by atoms with Crippen molar-refractivity contribution in [3.05, 3.63) is 42.2 Å². The molecule has 0 amide bonds. The number of carbonyl (C=O) groups is 1. The second-order valence-electron chi connectivity index (χ2n) is 3.61. The Morgan fingerprint density at radius 1 is 1.41 bits per heavy atom. The summed E-state index contributed by atoms with van der Waals surface area (Å²) >= 11 is 0. The number of tetrazole rings is 1. The molecule has 17 heavy (non-hydrogen) atoms. The number of aromatic nitrogens is 4. The predicted molar refractivity (Wildman–Crippen MR) is 59.3 cm³/mol. The van der Waals surface area contributed by atoms with Crippen LogP contribution in [0.5, 0.6) is 0 Å². The summed E-state index contributed by atoms with van der Waals surface area (Å²) in [5.41, 5.74) is -0.661. The van der Waals surface area contributed by atoms with Crippen LogP contribution in [-0.2, 0) is 10.3 Å². The number of carboxylic acids is 1. The van der Waals surface area contributed by atoms with Crippen molar-refractivity contribution in [1.82, 2.24) is 20.2 Å². The van der Waals surface area contributed by atoms with E-state index in [4.69, 9.17) is 0 Å². The van der Waals surface area contributed by atoms with Crippen LogP contribution in [0.25, 0.3) is 0 Å². The first-order valence-corrected chi connectivity index (χ1v) is 5.24. The van der Waals surface area contributed by atoms with Crippen molar-refractivity contribution in [3.63, 3.8) is 0 Å². The van der Waals surface area contributed by atoms with Crippen molar-refractivity contribution < 1.29 is 9.90 Å². The Kier molecular flexibility index (Phi) is 2.86. The lowest BCUT2D eigenvalue weighted by Gasteiger charge is -2.26. The van der Waals surface area contributed by atoms with Crippen LogP contribution >= 0.6 is 0 Å². The average molecular weight is 232 g/mol. The van der Waals surface area contributed by atoms with E-state index in [0.717, 1.165) is 4.80 Å². The standard InChI is InChI=1S/C11H12N4O2/c1-2-11(10(16)17,15-13-8-12-14-15)9-6-4-3-5-7-9/h3-8H,2H2,1H3,(H,16,17). The van der Waals surface area contributed by atoms with Crippen LogP contribution in [0, 0.1) is 0 Å². The topological polar surface area (TPSA) is 80.9 Å². The van der Waals surface area contributed by atoms with Crippen molar-refractivity contribution in [3.8, 4) is 0 Å². The van der Waals surface area contributed by atoms with Crippen molar-refractivity contribution >= 4 is 5.97 Å². The number of rotatable bonds is 4. The van der Waals surface area contributed by atoms with Gasteiger partial charge in [-0.2, -0.15) is 0 Å². The molecule has 1 aromatic carbocycles. The monoisotopic (exact) mass is 232 g/mol. The van der Waals surface area contributed by atoms with Crippen molar-refractivity contribution in [2.45, 2.75) is 18.9 Å². The highest BCUT2D eigenvalue weighted by Crippen LogP contribution is 2.28. The van der Waals surface area contributed by atoms with Gasteiger partial charge in [-0.15, -0.1) is 15.0 Å². The Bertz CT molecular complexity index is 497. The SMILES string of the molecule is CCC(C(=O)O)(c1ccccc1)n1ncnn1. The summed E-state index contributed by atoms with van der Waals surface area (Å²) in [4.78, 5) is 12.8. The molecule has 1 N–H and O–H groups in total. The van der Waals surface area contributed by atoms with Crippen LogP contribution in [0.2, 0.25) is 0 Å². The Labute approximate surface area is 97.9 Å². The van der Waals surface area contributed by atoms with E-state index in [2.05, 4.69) is 15.4 Å². The second-order valence-corrected chi connectivity index (χ2v) is 3.61. The highest BCUT2D eigenvalue weighted by molar-refractivity contribution is 5.80. The highest BCUT2D eigenvalue weighted by atomic mass is 16.4. The highest BCUT2D eigenvalue weighted by Gasteiger charge is 2.43. The second kappa shape index (κ2) is 4.32. The first kappa shape index (κ1) is 11.3. The Morgan fingerprint density at radius 2 is 2.12 bits per heavy atom. The summed E-state index contributed by atoms with van der Waals surface area (Å²) < 4.78 is 0. The number of carboxylic acid groups (broad SMARTS) is 1. The summed E-state index contributed by atoms with van der Waals surface area (Å²) in [6.45, 7) is 1.78. The molecule has 88 valence electrons. The molecule has 0 radical (unpaired) electrons. The minimum atomic E-state index is -1.29. The number of aliphatic carboxylic acids is 1. The molecule has 0 aliphatic rings. The smallest absolute Gasteiger partial charge is 0.338 e. The molecule has 1 atom stereocenters. The van der Waals surface area contributed by atoms with Gasteiger partial charge in [0, 0.05) is 0 Å². The van der Waals surface area contributed by atoms with Crippen LogP contribution in [0.3, 0.4) is 0 Å². The van der Waals surface area contributed by atoms with Gasteiger partial charge < -0.3 is 5.11 Å². The fraction of sp³-hybridized carbons (Fsp3) is 0.273. The van der Waals surface area contributed by atoms with Gasteiger partial charge in [0.1, 0.15) is 0 Å². The van der Waals surface area contributed by atoms with E-state index in [1.807, 2.05) is 6.07 Å². The molecule has 0 fully saturated rings. The molecule has 6 heteroatoms. The van der Waals surface area contributed by atoms with Gasteiger partial charge in [0.15, 0.2) is 6.33 Å². The molecule has 0 saturated carbocycles. The van der Waals surface area contributed by atoms with Crippen LogP contribution in [-0.4, -0.2) is 31.3 Å². The van der Waals surface area contributed by atoms with Crippen molar-refractivity contribution in [2.24, 2.45) is 0 Å². The number of benzene rings is 1. The van der Waals surface area contributed by atoms with Crippen molar-refractivity contribution in [1.29, 1.82) is 0 Å². The first-order valence-electron chi connectivity index (χ1n) is 5.24. The molecule has 1 aromatic heterocycles. The van der Waals surface area contributed by atoms with Gasteiger partial charge in [-0.05, 0) is 17.2 Å². The van der Waals surface area contributed by atoms with Crippen LogP contribution in [0.4, 0.5) is 0 Å². The Balaban J connectivity index is 2.63. The number of nitrogens with zero attached hydrogens (tertiary/aromatic N) is 4. The third kappa shape index (κ3) is 1.67. The normalized spacial score (nSPS) is 14.2. The van der Waals surface area contributed by atoms with E-state index in [0.29, 0.717) is 12.0 Å². The van der Waals surface area contributed by atoms with E-state index >= 15 is 0 Å². The summed E-state index contributed by atoms with van der Waals surface area (Å²) in [5, 5.41) is 20.7. The molecule has 2 rings (SSSR count). The third-order valence-electron chi connectivity index (χ3n) is 2.81. The maximum Gasteiger partial charge on any atom is 0.338 e. The number of hydrogen-bond donors (Lipinski definition) is 1. The molecule has 6 nitrogen and oxygen atoms in total. The zero-order chi connectivity index (χ0) is 12.3. The molecule has 0 aliphatic carbocycles. The fourth-order valence-electron chi connectivity index (χ4n) is 1.88. The molecular formula is C11H12N4O2. The van der Waals surface area contributed by atoms with Gasteiger partial charge in [0.05, 0.1) is 0 Å². The quantitative estimate of drug-likeness (QED) is 0.847. The minimum absolute atomic E-state index is 0.336. The average Bonchev–Trinajstić information content (AvgIpc) is 2.86. The van der Waals surface area contributed by atoms with E-state index in [1.165, 1.54) is 6.33 Å². The molecule has 1 unspecified atom stereocenters. The lowest BCUT2D eigenvalue weighted by molar-refractivity contribution is -0.146. The summed E-state index contributed by atoms with van der Waals surface area (Å²) in [7, 11) is 0. The molecule has 0 bridgehead atoms. The van der Waals surface area contributed by atoms with Gasteiger partial charge in [-0.25, -0.2) is 4.79 Å². The summed E-state index contributed by atoms with van der Waals surface area (Å²) in [6, 6.07) is 8.92.